The number of hydrogen-bond donors (Lipinski definition) is 1. The molecule has 1 aromatic heterocycles. The Labute approximate surface area is 116 Å². The zero-order valence-electron chi connectivity index (χ0n) is 10.4. The highest BCUT2D eigenvalue weighted by atomic mass is 35.5. The van der Waals surface area contributed by atoms with E-state index in [0.29, 0.717) is 17.3 Å². The molecule has 0 spiro atoms. The summed E-state index contributed by atoms with van der Waals surface area (Å²) < 4.78 is 0. The number of phenolic OH excluding ortho intramolecular Hbond substituents is 1. The molecule has 0 aliphatic carbocycles. The van der Waals surface area contributed by atoms with E-state index in [1.165, 1.54) is 17.2 Å². The van der Waals surface area contributed by atoms with Gasteiger partial charge in [-0.1, -0.05) is 23.7 Å². The lowest BCUT2D eigenvalue weighted by Gasteiger charge is -2.17. The average Bonchev–Trinajstić information content (AvgIpc) is 2.38. The van der Waals surface area contributed by atoms with E-state index in [2.05, 4.69) is 4.98 Å². The number of nitrogens with zero attached hydrogens (tertiary/aromatic N) is 2. The van der Waals surface area contributed by atoms with Crippen molar-refractivity contribution in [3.8, 4) is 5.75 Å². The summed E-state index contributed by atoms with van der Waals surface area (Å²) >= 11 is 5.83. The molecule has 0 atom stereocenters. The maximum atomic E-state index is 12.1. The van der Waals surface area contributed by atoms with Gasteiger partial charge in [0.05, 0.1) is 0 Å². The normalized spacial score (nSPS) is 10.2. The van der Waals surface area contributed by atoms with Gasteiger partial charge in [0.1, 0.15) is 11.4 Å². The fourth-order valence-corrected chi connectivity index (χ4v) is 1.88. The van der Waals surface area contributed by atoms with E-state index in [1.807, 2.05) is 6.07 Å². The van der Waals surface area contributed by atoms with Crippen molar-refractivity contribution in [2.45, 2.75) is 6.54 Å². The van der Waals surface area contributed by atoms with Gasteiger partial charge in [0.2, 0.25) is 0 Å². The minimum Gasteiger partial charge on any atom is -0.508 e. The molecular formula is C14H13ClN2O2. The second kappa shape index (κ2) is 5.71. The third kappa shape index (κ3) is 3.45. The van der Waals surface area contributed by atoms with Crippen LogP contribution in [0.3, 0.4) is 0 Å². The van der Waals surface area contributed by atoms with Gasteiger partial charge in [0.15, 0.2) is 0 Å². The maximum absolute atomic E-state index is 12.1. The van der Waals surface area contributed by atoms with Crippen molar-refractivity contribution in [2.24, 2.45) is 0 Å². The van der Waals surface area contributed by atoms with Gasteiger partial charge in [-0.05, 0) is 29.8 Å². The first-order chi connectivity index (χ1) is 9.06. The summed E-state index contributed by atoms with van der Waals surface area (Å²) in [6.07, 6.45) is 1.50. The van der Waals surface area contributed by atoms with Crippen molar-refractivity contribution >= 4 is 17.5 Å². The molecule has 0 saturated carbocycles. The quantitative estimate of drug-likeness (QED) is 0.938. The monoisotopic (exact) mass is 276 g/mol. The molecule has 98 valence electrons. The fraction of sp³-hybridized carbons (Fsp3) is 0.143. The molecule has 1 aromatic carbocycles. The Morgan fingerprint density at radius 1 is 1.37 bits per heavy atom. The first-order valence-corrected chi connectivity index (χ1v) is 6.09. The number of phenols is 1. The number of carbonyl (C=O) groups is 1. The van der Waals surface area contributed by atoms with Crippen LogP contribution >= 0.6 is 11.6 Å². The van der Waals surface area contributed by atoms with Crippen molar-refractivity contribution < 1.29 is 9.90 Å². The molecule has 0 aliphatic rings. The van der Waals surface area contributed by atoms with Crippen LogP contribution in [-0.4, -0.2) is 27.9 Å². The summed E-state index contributed by atoms with van der Waals surface area (Å²) in [4.78, 5) is 17.6. The Morgan fingerprint density at radius 3 is 2.84 bits per heavy atom. The van der Waals surface area contributed by atoms with Crippen LogP contribution in [0.5, 0.6) is 5.75 Å². The van der Waals surface area contributed by atoms with E-state index in [0.717, 1.165) is 5.56 Å². The molecule has 0 aliphatic heterocycles. The zero-order chi connectivity index (χ0) is 13.8. The molecule has 4 nitrogen and oxygen atoms in total. The Balaban J connectivity index is 2.12. The summed E-state index contributed by atoms with van der Waals surface area (Å²) in [5, 5.41) is 9.86. The highest BCUT2D eigenvalue weighted by molar-refractivity contribution is 6.30. The summed E-state index contributed by atoms with van der Waals surface area (Å²) in [5.74, 6) is -0.0370. The van der Waals surface area contributed by atoms with Gasteiger partial charge in [-0.25, -0.2) is 0 Å². The molecule has 1 N–H and O–H groups in total. The second-order valence-electron chi connectivity index (χ2n) is 4.19. The van der Waals surface area contributed by atoms with Crippen LogP contribution in [0.15, 0.2) is 42.6 Å². The van der Waals surface area contributed by atoms with E-state index < -0.39 is 0 Å². The van der Waals surface area contributed by atoms with Crippen molar-refractivity contribution in [3.63, 3.8) is 0 Å². The van der Waals surface area contributed by atoms with Crippen molar-refractivity contribution in [1.82, 2.24) is 9.88 Å². The maximum Gasteiger partial charge on any atom is 0.272 e. The van der Waals surface area contributed by atoms with Gasteiger partial charge in [-0.3, -0.25) is 9.78 Å². The van der Waals surface area contributed by atoms with Crippen LogP contribution in [0, 0.1) is 0 Å². The molecular weight excluding hydrogens is 264 g/mol. The first kappa shape index (κ1) is 13.4. The Bertz CT molecular complexity index is 602. The lowest BCUT2D eigenvalue weighted by atomic mass is 10.2. The van der Waals surface area contributed by atoms with Gasteiger partial charge >= 0.3 is 0 Å². The number of aromatic hydroxyl groups is 1. The number of benzene rings is 1. The van der Waals surface area contributed by atoms with Crippen LogP contribution in [0.1, 0.15) is 16.1 Å². The van der Waals surface area contributed by atoms with Gasteiger partial charge in [-0.15, -0.1) is 0 Å². The van der Waals surface area contributed by atoms with E-state index in [1.54, 1.807) is 31.3 Å². The molecule has 0 radical (unpaired) electrons. The summed E-state index contributed by atoms with van der Waals surface area (Å²) in [6, 6.07) is 9.94. The number of halogens is 1. The van der Waals surface area contributed by atoms with Crippen LogP contribution < -0.4 is 0 Å². The molecule has 2 aromatic rings. The Morgan fingerprint density at radius 2 is 2.16 bits per heavy atom. The highest BCUT2D eigenvalue weighted by Gasteiger charge is 2.13. The van der Waals surface area contributed by atoms with E-state index in [9.17, 15) is 9.90 Å². The van der Waals surface area contributed by atoms with Gasteiger partial charge in [0, 0.05) is 24.8 Å². The standard InChI is InChI=1S/C14H13ClN2O2/c1-17(9-10-3-2-4-12(18)7-10)14(19)13-8-11(15)5-6-16-13/h2-8,18H,9H2,1H3. The third-order valence-electron chi connectivity index (χ3n) is 2.62. The molecule has 2 rings (SSSR count). The average molecular weight is 277 g/mol. The van der Waals surface area contributed by atoms with Crippen LogP contribution in [-0.2, 0) is 6.54 Å². The Hall–Kier alpha value is -2.07. The smallest absolute Gasteiger partial charge is 0.272 e. The number of pyridine rings is 1. The van der Waals surface area contributed by atoms with Crippen LogP contribution in [0.4, 0.5) is 0 Å². The van der Waals surface area contributed by atoms with Gasteiger partial charge < -0.3 is 10.0 Å². The van der Waals surface area contributed by atoms with Gasteiger partial charge in [0.25, 0.3) is 5.91 Å². The number of rotatable bonds is 3. The van der Waals surface area contributed by atoms with E-state index >= 15 is 0 Å². The predicted molar refractivity (Wildman–Crippen MR) is 73.2 cm³/mol. The van der Waals surface area contributed by atoms with Crippen molar-refractivity contribution in [1.29, 1.82) is 0 Å². The third-order valence-corrected chi connectivity index (χ3v) is 2.85. The predicted octanol–water partition coefficient (Wildman–Crippen LogP) is 2.71. The number of carbonyl (C=O) groups excluding carboxylic acids is 1. The number of amides is 1. The summed E-state index contributed by atoms with van der Waals surface area (Å²) in [5.41, 5.74) is 1.15. The first-order valence-electron chi connectivity index (χ1n) is 5.71. The fourth-order valence-electron chi connectivity index (χ4n) is 1.72. The largest absolute Gasteiger partial charge is 0.508 e. The minimum absolute atomic E-state index is 0.180. The molecule has 0 bridgehead atoms. The molecule has 5 heteroatoms. The molecule has 0 saturated heterocycles. The molecule has 0 fully saturated rings. The van der Waals surface area contributed by atoms with Crippen LogP contribution in [0.2, 0.25) is 5.02 Å². The number of aromatic nitrogens is 1. The Kier molecular flexibility index (Phi) is 4.02. The zero-order valence-corrected chi connectivity index (χ0v) is 11.1. The lowest BCUT2D eigenvalue weighted by Crippen LogP contribution is -2.26. The van der Waals surface area contributed by atoms with E-state index in [4.69, 9.17) is 11.6 Å². The topological polar surface area (TPSA) is 53.4 Å². The SMILES string of the molecule is CN(Cc1cccc(O)c1)C(=O)c1cc(Cl)ccn1. The number of hydrogen-bond acceptors (Lipinski definition) is 3. The molecule has 19 heavy (non-hydrogen) atoms. The van der Waals surface area contributed by atoms with Crippen molar-refractivity contribution in [2.75, 3.05) is 7.05 Å². The summed E-state index contributed by atoms with van der Waals surface area (Å²) in [6.45, 7) is 0.390. The molecule has 0 unspecified atom stereocenters. The van der Waals surface area contributed by atoms with Crippen molar-refractivity contribution in [3.05, 3.63) is 58.9 Å². The lowest BCUT2D eigenvalue weighted by molar-refractivity contribution is 0.0779. The van der Waals surface area contributed by atoms with E-state index in [-0.39, 0.29) is 11.7 Å². The second-order valence-corrected chi connectivity index (χ2v) is 4.63. The van der Waals surface area contributed by atoms with Crippen LogP contribution in [0.25, 0.3) is 0 Å². The van der Waals surface area contributed by atoms with Gasteiger partial charge in [-0.2, -0.15) is 0 Å². The minimum atomic E-state index is -0.217. The summed E-state index contributed by atoms with van der Waals surface area (Å²) in [7, 11) is 1.68. The highest BCUT2D eigenvalue weighted by Crippen LogP contribution is 2.14. The molecule has 1 heterocycles. The molecule has 1 amide bonds.